The first-order valence-corrected chi connectivity index (χ1v) is 13.4. The lowest BCUT2D eigenvalue weighted by molar-refractivity contribution is 0.217. The number of fused-ring (bicyclic) bond motifs is 1. The van der Waals surface area contributed by atoms with Gasteiger partial charge in [0.05, 0.1) is 36.0 Å². The number of sulfonamides is 1. The van der Waals surface area contributed by atoms with E-state index in [-0.39, 0.29) is 36.8 Å². The Morgan fingerprint density at radius 2 is 1.86 bits per heavy atom. The molecule has 0 saturated heterocycles. The van der Waals surface area contributed by atoms with E-state index in [1.807, 2.05) is 6.92 Å². The van der Waals surface area contributed by atoms with Crippen molar-refractivity contribution < 1.29 is 23.4 Å². The van der Waals surface area contributed by atoms with E-state index in [0.29, 0.717) is 46.9 Å². The Bertz CT molecular complexity index is 1360. The molecule has 0 spiro atoms. The van der Waals surface area contributed by atoms with Crippen molar-refractivity contribution in [3.63, 3.8) is 0 Å². The first kappa shape index (κ1) is 27.7. The highest BCUT2D eigenvalue weighted by Crippen LogP contribution is 2.36. The monoisotopic (exact) mass is 522 g/mol. The highest BCUT2D eigenvalue weighted by molar-refractivity contribution is 7.89. The van der Waals surface area contributed by atoms with E-state index in [1.54, 1.807) is 13.8 Å². The van der Waals surface area contributed by atoms with Crippen LogP contribution in [0.2, 0.25) is 0 Å². The first-order chi connectivity index (χ1) is 17.2. The summed E-state index contributed by atoms with van der Waals surface area (Å²) in [5, 5.41) is 23.5. The molecule has 0 fully saturated rings. The molecule has 198 valence electrons. The standard InChI is InChI=1S/C23H34N6O6S/c1-4-6-19-25-15(3)21-23(32)26-22(27-29(19)21)20-16(9-10-24)18(8-7-17(20)35-5-2)36(33,34)28(11-13-30)12-14-31/h7-8,30-31H,4-6,9-14,24H2,1-3H3,(H,26,27,32). The van der Waals surface area contributed by atoms with E-state index in [1.165, 1.54) is 16.6 Å². The number of nitrogens with zero attached hydrogens (tertiary/aromatic N) is 4. The van der Waals surface area contributed by atoms with Crippen LogP contribution in [0.3, 0.4) is 0 Å². The van der Waals surface area contributed by atoms with Crippen molar-refractivity contribution in [2.45, 2.75) is 44.9 Å². The van der Waals surface area contributed by atoms with Gasteiger partial charge in [0.25, 0.3) is 5.56 Å². The number of nitrogens with one attached hydrogen (secondary N) is 1. The van der Waals surface area contributed by atoms with Gasteiger partial charge in [-0.2, -0.15) is 4.31 Å². The van der Waals surface area contributed by atoms with Gasteiger partial charge in [0.1, 0.15) is 11.6 Å². The summed E-state index contributed by atoms with van der Waals surface area (Å²) in [7, 11) is -4.14. The average Bonchev–Trinajstić information content (AvgIpc) is 3.15. The highest BCUT2D eigenvalue weighted by Gasteiger charge is 2.30. The summed E-state index contributed by atoms with van der Waals surface area (Å²) in [4.78, 5) is 20.3. The molecule has 3 rings (SSSR count). The number of hydrogen-bond donors (Lipinski definition) is 4. The zero-order valence-electron chi connectivity index (χ0n) is 20.8. The molecule has 0 aliphatic rings. The summed E-state index contributed by atoms with van der Waals surface area (Å²) in [6, 6.07) is 2.93. The topological polar surface area (TPSA) is 176 Å². The number of aliphatic hydroxyl groups is 2. The van der Waals surface area contributed by atoms with E-state index in [9.17, 15) is 23.4 Å². The normalized spacial score (nSPS) is 12.1. The van der Waals surface area contributed by atoms with Crippen LogP contribution in [0.1, 0.15) is 37.4 Å². The van der Waals surface area contributed by atoms with Crippen LogP contribution in [-0.4, -0.2) is 82.0 Å². The molecule has 0 amide bonds. The molecular formula is C23H34N6O6S. The fourth-order valence-electron chi connectivity index (χ4n) is 4.23. The minimum absolute atomic E-state index is 0.0633. The van der Waals surface area contributed by atoms with Crippen LogP contribution in [0.5, 0.6) is 5.75 Å². The fourth-order valence-corrected chi connectivity index (χ4v) is 5.90. The number of aromatic nitrogens is 4. The lowest BCUT2D eigenvalue weighted by atomic mass is 10.0. The number of rotatable bonds is 13. The number of ether oxygens (including phenoxy) is 1. The second-order valence-electron chi connectivity index (χ2n) is 8.16. The van der Waals surface area contributed by atoms with Gasteiger partial charge in [0.15, 0.2) is 11.3 Å². The zero-order valence-corrected chi connectivity index (χ0v) is 21.6. The number of nitrogens with two attached hydrogens (primary N) is 1. The summed E-state index contributed by atoms with van der Waals surface area (Å²) < 4.78 is 35.5. The summed E-state index contributed by atoms with van der Waals surface area (Å²) in [5.41, 5.74) is 6.97. The molecule has 12 nitrogen and oxygen atoms in total. The molecule has 2 aromatic heterocycles. The van der Waals surface area contributed by atoms with Gasteiger partial charge in [-0.3, -0.25) is 4.79 Å². The van der Waals surface area contributed by atoms with Crippen molar-refractivity contribution in [3.05, 3.63) is 39.6 Å². The second-order valence-corrected chi connectivity index (χ2v) is 10.1. The molecule has 0 atom stereocenters. The number of aromatic amines is 1. The smallest absolute Gasteiger partial charge is 0.277 e. The fraction of sp³-hybridized carbons (Fsp3) is 0.522. The van der Waals surface area contributed by atoms with Crippen LogP contribution < -0.4 is 16.0 Å². The Labute approximate surface area is 209 Å². The van der Waals surface area contributed by atoms with Gasteiger partial charge < -0.3 is 25.7 Å². The van der Waals surface area contributed by atoms with Crippen molar-refractivity contribution in [2.75, 3.05) is 39.5 Å². The molecule has 13 heteroatoms. The molecule has 3 aromatic rings. The van der Waals surface area contributed by atoms with Crippen molar-refractivity contribution in [1.82, 2.24) is 23.9 Å². The van der Waals surface area contributed by atoms with E-state index in [2.05, 4.69) is 15.1 Å². The summed E-state index contributed by atoms with van der Waals surface area (Å²) in [5.74, 6) is 1.09. The molecule has 0 unspecified atom stereocenters. The third kappa shape index (κ3) is 5.30. The summed E-state index contributed by atoms with van der Waals surface area (Å²) >= 11 is 0. The Morgan fingerprint density at radius 3 is 2.44 bits per heavy atom. The van der Waals surface area contributed by atoms with Crippen molar-refractivity contribution in [2.24, 2.45) is 5.73 Å². The van der Waals surface area contributed by atoms with Crippen LogP contribution in [0, 0.1) is 6.92 Å². The number of benzene rings is 1. The average molecular weight is 523 g/mol. The Hall–Kier alpha value is -2.84. The summed E-state index contributed by atoms with van der Waals surface area (Å²) in [6.07, 6.45) is 1.54. The Balaban J connectivity index is 2.38. The van der Waals surface area contributed by atoms with Crippen LogP contribution >= 0.6 is 0 Å². The lowest BCUT2D eigenvalue weighted by Gasteiger charge is -2.24. The van der Waals surface area contributed by atoms with Crippen molar-refractivity contribution in [1.29, 1.82) is 0 Å². The Kier molecular flexibility index (Phi) is 9.19. The van der Waals surface area contributed by atoms with Gasteiger partial charge >= 0.3 is 0 Å². The predicted molar refractivity (Wildman–Crippen MR) is 135 cm³/mol. The number of aliphatic hydroxyl groups excluding tert-OH is 2. The van der Waals surface area contributed by atoms with Crippen LogP contribution in [0.25, 0.3) is 16.9 Å². The van der Waals surface area contributed by atoms with Gasteiger partial charge in [-0.25, -0.2) is 17.9 Å². The van der Waals surface area contributed by atoms with Gasteiger partial charge in [-0.15, -0.1) is 5.10 Å². The molecule has 0 radical (unpaired) electrons. The lowest BCUT2D eigenvalue weighted by Crippen LogP contribution is -2.36. The quantitative estimate of drug-likeness (QED) is 0.245. The maximum Gasteiger partial charge on any atom is 0.277 e. The minimum Gasteiger partial charge on any atom is -0.493 e. The van der Waals surface area contributed by atoms with Gasteiger partial charge in [-0.1, -0.05) is 6.92 Å². The molecule has 36 heavy (non-hydrogen) atoms. The molecule has 5 N–H and O–H groups in total. The molecule has 0 saturated carbocycles. The molecule has 2 heterocycles. The van der Waals surface area contributed by atoms with Crippen LogP contribution in [0.4, 0.5) is 0 Å². The molecule has 1 aromatic carbocycles. The summed E-state index contributed by atoms with van der Waals surface area (Å²) in [6.45, 7) is 4.72. The predicted octanol–water partition coefficient (Wildman–Crippen LogP) is 0.221. The molecule has 0 bridgehead atoms. The maximum atomic E-state index is 13.6. The van der Waals surface area contributed by atoms with Gasteiger partial charge in [0, 0.05) is 19.5 Å². The van der Waals surface area contributed by atoms with E-state index in [4.69, 9.17) is 10.5 Å². The van der Waals surface area contributed by atoms with Crippen molar-refractivity contribution >= 4 is 15.5 Å². The Morgan fingerprint density at radius 1 is 1.17 bits per heavy atom. The van der Waals surface area contributed by atoms with Crippen LogP contribution in [0.15, 0.2) is 21.8 Å². The zero-order chi connectivity index (χ0) is 26.5. The van der Waals surface area contributed by atoms with Crippen molar-refractivity contribution in [3.8, 4) is 17.1 Å². The largest absolute Gasteiger partial charge is 0.493 e. The van der Waals surface area contributed by atoms with E-state index < -0.39 is 28.8 Å². The van der Waals surface area contributed by atoms with Gasteiger partial charge in [0.2, 0.25) is 10.0 Å². The maximum absolute atomic E-state index is 13.6. The van der Waals surface area contributed by atoms with E-state index >= 15 is 0 Å². The third-order valence-electron chi connectivity index (χ3n) is 5.70. The number of aryl methyl sites for hydroxylation is 2. The molecular weight excluding hydrogens is 488 g/mol. The minimum atomic E-state index is -4.14. The second kappa shape index (κ2) is 11.9. The third-order valence-corrected chi connectivity index (χ3v) is 7.68. The molecule has 0 aliphatic carbocycles. The number of imidazole rings is 1. The van der Waals surface area contributed by atoms with E-state index in [0.717, 1.165) is 10.7 Å². The highest BCUT2D eigenvalue weighted by atomic mass is 32.2. The number of H-pyrrole nitrogens is 1. The number of hydrogen-bond acceptors (Lipinski definition) is 9. The van der Waals surface area contributed by atoms with Gasteiger partial charge in [-0.05, 0) is 50.9 Å². The molecule has 0 aliphatic heterocycles. The SMILES string of the molecule is CCCc1nc(C)c2c(=O)[nH]c(-c3c(OCC)ccc(S(=O)(=O)N(CCO)CCO)c3CCN)nn12. The van der Waals surface area contributed by atoms with Crippen LogP contribution in [-0.2, 0) is 22.9 Å². The first-order valence-electron chi connectivity index (χ1n) is 11.9.